The highest BCUT2D eigenvalue weighted by molar-refractivity contribution is 5.73. The molecule has 1 saturated heterocycles. The van der Waals surface area contributed by atoms with Crippen LogP contribution in [0, 0.1) is 0 Å². The molecule has 2 aliphatic heterocycles. The molecule has 2 atom stereocenters. The number of urea groups is 1. The molecule has 156 valence electrons. The number of fused-ring (bicyclic) bond motifs is 1. The van der Waals surface area contributed by atoms with E-state index >= 15 is 0 Å². The Bertz CT molecular complexity index is 670. The molecule has 3 rings (SSSR count). The Balaban J connectivity index is 1.40. The summed E-state index contributed by atoms with van der Waals surface area (Å²) in [5.74, 6) is 1.57. The average Bonchev–Trinajstić information content (AvgIpc) is 2.65. The van der Waals surface area contributed by atoms with Crippen LogP contribution in [0.1, 0.15) is 33.3 Å². The fraction of sp³-hybridized carbons (Fsp3) is 0.667. The second-order valence-electron chi connectivity index (χ2n) is 8.31. The fourth-order valence-electron chi connectivity index (χ4n) is 3.71. The van der Waals surface area contributed by atoms with Crippen molar-refractivity contribution in [3.05, 3.63) is 23.8 Å². The standard InChI is InChI=1S/C21H33N3O4/c1-15-12-24(13-16(2)28-15)21(3,4)14-23-20(25)22-8-7-17-5-6-18-19(11-17)27-10-9-26-18/h5-6,11,15-16H,7-10,12-14H2,1-4H3,(H2,22,23,25)/t15-,16-/m0/s1. The van der Waals surface area contributed by atoms with Crippen molar-refractivity contribution >= 4 is 6.03 Å². The van der Waals surface area contributed by atoms with E-state index in [1.54, 1.807) is 0 Å². The van der Waals surface area contributed by atoms with Crippen molar-refractivity contribution in [1.29, 1.82) is 0 Å². The summed E-state index contributed by atoms with van der Waals surface area (Å²) < 4.78 is 16.9. The molecule has 2 N–H and O–H groups in total. The van der Waals surface area contributed by atoms with E-state index < -0.39 is 0 Å². The highest BCUT2D eigenvalue weighted by atomic mass is 16.6. The maximum atomic E-state index is 12.2. The van der Waals surface area contributed by atoms with Gasteiger partial charge in [0.15, 0.2) is 11.5 Å². The van der Waals surface area contributed by atoms with Crippen LogP contribution < -0.4 is 20.1 Å². The zero-order chi connectivity index (χ0) is 20.1. The molecule has 1 aromatic carbocycles. The van der Waals surface area contributed by atoms with E-state index in [0.29, 0.717) is 26.3 Å². The number of benzene rings is 1. The average molecular weight is 392 g/mol. The maximum Gasteiger partial charge on any atom is 0.314 e. The van der Waals surface area contributed by atoms with Crippen molar-refractivity contribution in [3.8, 4) is 11.5 Å². The molecule has 0 radical (unpaired) electrons. The van der Waals surface area contributed by atoms with Gasteiger partial charge in [0, 0.05) is 31.7 Å². The molecule has 1 aromatic rings. The predicted molar refractivity (Wildman–Crippen MR) is 108 cm³/mol. The Labute approximate surface area is 167 Å². The van der Waals surface area contributed by atoms with Gasteiger partial charge in [-0.15, -0.1) is 0 Å². The third-order valence-corrected chi connectivity index (χ3v) is 5.26. The molecule has 0 aromatic heterocycles. The number of nitrogens with one attached hydrogen (secondary N) is 2. The summed E-state index contributed by atoms with van der Waals surface area (Å²) in [5, 5.41) is 5.95. The summed E-state index contributed by atoms with van der Waals surface area (Å²) in [7, 11) is 0. The maximum absolute atomic E-state index is 12.2. The summed E-state index contributed by atoms with van der Waals surface area (Å²) in [6, 6.07) is 5.78. The Morgan fingerprint density at radius 2 is 1.79 bits per heavy atom. The highest BCUT2D eigenvalue weighted by Crippen LogP contribution is 2.30. The molecular weight excluding hydrogens is 358 g/mol. The number of carbonyl (C=O) groups excluding carboxylic acids is 1. The topological polar surface area (TPSA) is 72.1 Å². The van der Waals surface area contributed by atoms with Gasteiger partial charge in [-0.1, -0.05) is 6.07 Å². The van der Waals surface area contributed by atoms with Gasteiger partial charge < -0.3 is 24.8 Å². The summed E-state index contributed by atoms with van der Waals surface area (Å²) >= 11 is 0. The lowest BCUT2D eigenvalue weighted by Crippen LogP contribution is -2.59. The van der Waals surface area contributed by atoms with Crippen LogP contribution in [0.4, 0.5) is 4.79 Å². The minimum atomic E-state index is -0.139. The van der Waals surface area contributed by atoms with Gasteiger partial charge in [0.25, 0.3) is 0 Å². The van der Waals surface area contributed by atoms with Crippen LogP contribution in [0.25, 0.3) is 0 Å². The number of morpholine rings is 1. The molecule has 7 nitrogen and oxygen atoms in total. The van der Waals surface area contributed by atoms with Gasteiger partial charge in [-0.05, 0) is 51.8 Å². The highest BCUT2D eigenvalue weighted by Gasteiger charge is 2.33. The van der Waals surface area contributed by atoms with Crippen LogP contribution >= 0.6 is 0 Å². The molecule has 0 saturated carbocycles. The number of rotatable bonds is 6. The van der Waals surface area contributed by atoms with Crippen LogP contribution in [-0.4, -0.2) is 68.1 Å². The monoisotopic (exact) mass is 391 g/mol. The molecule has 7 heteroatoms. The third-order valence-electron chi connectivity index (χ3n) is 5.26. The van der Waals surface area contributed by atoms with E-state index in [-0.39, 0.29) is 23.8 Å². The first-order valence-electron chi connectivity index (χ1n) is 10.1. The zero-order valence-electron chi connectivity index (χ0n) is 17.4. The van der Waals surface area contributed by atoms with Gasteiger partial charge in [-0.3, -0.25) is 4.90 Å². The Morgan fingerprint density at radius 3 is 2.50 bits per heavy atom. The largest absolute Gasteiger partial charge is 0.486 e. The fourth-order valence-corrected chi connectivity index (χ4v) is 3.71. The lowest BCUT2D eigenvalue weighted by Gasteiger charge is -2.45. The van der Waals surface area contributed by atoms with Crippen LogP contribution in [-0.2, 0) is 11.2 Å². The van der Waals surface area contributed by atoms with Crippen LogP contribution in [0.2, 0.25) is 0 Å². The number of carbonyl (C=O) groups is 1. The molecule has 0 unspecified atom stereocenters. The van der Waals surface area contributed by atoms with Crippen molar-refractivity contribution in [1.82, 2.24) is 15.5 Å². The summed E-state index contributed by atoms with van der Waals surface area (Å²) in [4.78, 5) is 14.6. The molecular formula is C21H33N3O4. The van der Waals surface area contributed by atoms with Crippen LogP contribution in [0.5, 0.6) is 11.5 Å². The van der Waals surface area contributed by atoms with E-state index in [1.807, 2.05) is 18.2 Å². The minimum Gasteiger partial charge on any atom is -0.486 e. The summed E-state index contributed by atoms with van der Waals surface area (Å²) in [5.41, 5.74) is 0.987. The van der Waals surface area contributed by atoms with Crippen molar-refractivity contribution in [2.75, 3.05) is 39.4 Å². The Morgan fingerprint density at radius 1 is 1.11 bits per heavy atom. The minimum absolute atomic E-state index is 0.126. The first-order valence-corrected chi connectivity index (χ1v) is 10.1. The predicted octanol–water partition coefficient (Wildman–Crippen LogP) is 2.19. The van der Waals surface area contributed by atoms with E-state index in [9.17, 15) is 4.79 Å². The normalized spacial score (nSPS) is 22.6. The number of hydrogen-bond donors (Lipinski definition) is 2. The molecule has 1 fully saturated rings. The molecule has 0 bridgehead atoms. The molecule has 28 heavy (non-hydrogen) atoms. The van der Waals surface area contributed by atoms with E-state index in [4.69, 9.17) is 14.2 Å². The Hall–Kier alpha value is -1.99. The van der Waals surface area contributed by atoms with E-state index in [1.165, 1.54) is 0 Å². The van der Waals surface area contributed by atoms with Gasteiger partial charge in [0.1, 0.15) is 13.2 Å². The smallest absolute Gasteiger partial charge is 0.314 e. The van der Waals surface area contributed by atoms with Gasteiger partial charge in [-0.2, -0.15) is 0 Å². The summed E-state index contributed by atoms with van der Waals surface area (Å²) in [6.07, 6.45) is 1.16. The van der Waals surface area contributed by atoms with Crippen molar-refractivity contribution < 1.29 is 19.0 Å². The second-order valence-corrected chi connectivity index (χ2v) is 8.31. The third kappa shape index (κ3) is 5.52. The molecule has 2 aliphatic rings. The van der Waals surface area contributed by atoms with Crippen LogP contribution in [0.15, 0.2) is 18.2 Å². The molecule has 0 spiro atoms. The first kappa shape index (κ1) is 20.7. The SMILES string of the molecule is C[C@H]1CN(C(C)(C)CNC(=O)NCCc2ccc3c(c2)OCCO3)C[C@H](C)O1. The van der Waals surface area contributed by atoms with Crippen LogP contribution in [0.3, 0.4) is 0 Å². The number of hydrogen-bond acceptors (Lipinski definition) is 5. The lowest BCUT2D eigenvalue weighted by molar-refractivity contribution is -0.0947. The first-order chi connectivity index (χ1) is 13.3. The van der Waals surface area contributed by atoms with Crippen molar-refractivity contribution in [2.45, 2.75) is 51.9 Å². The lowest BCUT2D eigenvalue weighted by atomic mass is 10.00. The van der Waals surface area contributed by atoms with Gasteiger partial charge in [0.05, 0.1) is 12.2 Å². The van der Waals surface area contributed by atoms with Gasteiger partial charge in [-0.25, -0.2) is 4.79 Å². The second kappa shape index (κ2) is 9.01. The van der Waals surface area contributed by atoms with Crippen molar-refractivity contribution in [2.24, 2.45) is 0 Å². The number of ether oxygens (including phenoxy) is 3. The van der Waals surface area contributed by atoms with Crippen molar-refractivity contribution in [3.63, 3.8) is 0 Å². The Kier molecular flexibility index (Phi) is 6.67. The molecule has 2 amide bonds. The number of amides is 2. The molecule has 0 aliphatic carbocycles. The molecule has 2 heterocycles. The van der Waals surface area contributed by atoms with Gasteiger partial charge in [0.2, 0.25) is 0 Å². The van der Waals surface area contributed by atoms with E-state index in [2.05, 4.69) is 43.2 Å². The zero-order valence-corrected chi connectivity index (χ0v) is 17.4. The summed E-state index contributed by atoms with van der Waals surface area (Å²) in [6.45, 7) is 12.6. The number of nitrogens with zero attached hydrogens (tertiary/aromatic N) is 1. The van der Waals surface area contributed by atoms with E-state index in [0.717, 1.165) is 36.6 Å². The quantitative estimate of drug-likeness (QED) is 0.778. The van der Waals surface area contributed by atoms with Gasteiger partial charge >= 0.3 is 6.03 Å².